The fraction of sp³-hybridized carbons (Fsp3) is 0.489. The Morgan fingerprint density at radius 3 is 2.12 bits per heavy atom. The molecule has 2 saturated heterocycles. The Morgan fingerprint density at radius 1 is 0.800 bits per heavy atom. The van der Waals surface area contributed by atoms with Gasteiger partial charge in [0.05, 0.1) is 13.0 Å². The maximum absolute atomic E-state index is 14.8. The van der Waals surface area contributed by atoms with Crippen molar-refractivity contribution in [2.24, 2.45) is 33.7 Å². The minimum Gasteiger partial charge on any atom is -0.508 e. The number of aromatic hydroxyl groups is 1. The van der Waals surface area contributed by atoms with E-state index in [1.54, 1.807) is 36.4 Å². The third kappa shape index (κ3) is 17.5. The van der Waals surface area contributed by atoms with Gasteiger partial charge in [0.2, 0.25) is 65.0 Å². The first-order valence-corrected chi connectivity index (χ1v) is 26.5. The van der Waals surface area contributed by atoms with Crippen molar-refractivity contribution in [1.82, 2.24) is 42.1 Å². The summed E-state index contributed by atoms with van der Waals surface area (Å²) in [4.78, 5) is 154. The molecule has 0 unspecified atom stereocenters. The highest BCUT2D eigenvalue weighted by molar-refractivity contribution is 8.76. The molecule has 0 saturated carbocycles. The lowest BCUT2D eigenvalue weighted by Gasteiger charge is -2.33. The molecule has 2 aliphatic heterocycles. The van der Waals surface area contributed by atoms with Gasteiger partial charge in [-0.15, -0.1) is 0 Å². The lowest BCUT2D eigenvalue weighted by atomic mass is 9.92. The van der Waals surface area contributed by atoms with E-state index in [0.29, 0.717) is 23.1 Å². The summed E-state index contributed by atoms with van der Waals surface area (Å²) in [5.41, 5.74) is 27.3. The molecule has 0 bridgehead atoms. The molecule has 1 spiro atoms. The number of nitrogens with two attached hydrogens (primary N) is 5. The number of likely N-dealkylation sites (tertiary alicyclic amines) is 1. The number of amides is 11. The van der Waals surface area contributed by atoms with Crippen LogP contribution in [0.25, 0.3) is 0 Å². The zero-order valence-corrected chi connectivity index (χ0v) is 42.6. The number of hydrogen-bond donors (Lipinski definition) is 13. The van der Waals surface area contributed by atoms with Gasteiger partial charge in [0.1, 0.15) is 47.5 Å². The van der Waals surface area contributed by atoms with Crippen molar-refractivity contribution in [2.75, 3.05) is 31.1 Å². The Balaban J connectivity index is 1.47. The fourth-order valence-electron chi connectivity index (χ4n) is 8.72. The maximum Gasteiger partial charge on any atom is 0.247 e. The van der Waals surface area contributed by atoms with E-state index in [4.69, 9.17) is 28.7 Å². The van der Waals surface area contributed by atoms with E-state index in [-0.39, 0.29) is 81.3 Å². The lowest BCUT2D eigenvalue weighted by molar-refractivity contribution is -0.142. The van der Waals surface area contributed by atoms with Gasteiger partial charge in [-0.1, -0.05) is 58.0 Å². The molecule has 28 heteroatoms. The largest absolute Gasteiger partial charge is 0.508 e. The monoisotopic (exact) mass is 1080 g/mol. The molecule has 0 aromatic heterocycles. The third-order valence-electron chi connectivity index (χ3n) is 12.5. The zero-order valence-electron chi connectivity index (χ0n) is 40.9. The van der Waals surface area contributed by atoms with Gasteiger partial charge in [0.15, 0.2) is 5.96 Å². The number of phenolic OH excluding ortho intramolecular Hbond substituents is 1. The van der Waals surface area contributed by atoms with Gasteiger partial charge >= 0.3 is 0 Å². The van der Waals surface area contributed by atoms with E-state index in [1.165, 1.54) is 17.0 Å². The van der Waals surface area contributed by atoms with Crippen LogP contribution in [0.15, 0.2) is 53.5 Å². The van der Waals surface area contributed by atoms with Gasteiger partial charge in [-0.25, -0.2) is 0 Å². The average Bonchev–Trinajstić information content (AvgIpc) is 4.00. The van der Waals surface area contributed by atoms with Crippen molar-refractivity contribution in [3.05, 3.63) is 65.2 Å². The van der Waals surface area contributed by atoms with Gasteiger partial charge in [-0.2, -0.15) is 0 Å². The predicted molar refractivity (Wildman–Crippen MR) is 275 cm³/mol. The predicted octanol–water partition coefficient (Wildman–Crippen LogP) is -4.42. The van der Waals surface area contributed by atoms with Crippen LogP contribution in [0.1, 0.15) is 68.1 Å². The highest BCUT2D eigenvalue weighted by atomic mass is 33.1. The summed E-state index contributed by atoms with van der Waals surface area (Å²) in [6.45, 7) is -0.399. The molecule has 6 atom stereocenters. The smallest absolute Gasteiger partial charge is 0.247 e. The van der Waals surface area contributed by atoms with Gasteiger partial charge < -0.3 is 75.9 Å². The van der Waals surface area contributed by atoms with Gasteiger partial charge in [0.25, 0.3) is 0 Å². The normalized spacial score (nSPS) is 21.9. The van der Waals surface area contributed by atoms with E-state index < -0.39 is 133 Å². The lowest BCUT2D eigenvalue weighted by Crippen LogP contribution is -2.65. The number of nitrogens with one attached hydrogen (secondary N) is 7. The average molecular weight is 1080 g/mol. The van der Waals surface area contributed by atoms with E-state index in [0.717, 1.165) is 21.6 Å². The van der Waals surface area contributed by atoms with Crippen LogP contribution >= 0.6 is 21.6 Å². The number of guanidine groups is 1. The molecule has 3 aliphatic rings. The summed E-state index contributed by atoms with van der Waals surface area (Å²) in [6.07, 6.45) is -1.32. The number of carbonyl (C=O) groups is 11. The van der Waals surface area contributed by atoms with E-state index >= 15 is 0 Å². The molecule has 2 aromatic carbocycles. The molecule has 2 aromatic rings. The summed E-state index contributed by atoms with van der Waals surface area (Å²) < 4.78 is 0. The molecule has 5 rings (SSSR count). The van der Waals surface area contributed by atoms with Crippen molar-refractivity contribution < 1.29 is 57.8 Å². The van der Waals surface area contributed by atoms with Crippen molar-refractivity contribution in [3.8, 4) is 5.75 Å². The Morgan fingerprint density at radius 2 is 1.48 bits per heavy atom. The summed E-state index contributed by atoms with van der Waals surface area (Å²) >= 11 is 0. The summed E-state index contributed by atoms with van der Waals surface area (Å²) in [5, 5.41) is 28.2. The molecule has 406 valence electrons. The van der Waals surface area contributed by atoms with Crippen molar-refractivity contribution >= 4 is 92.5 Å². The van der Waals surface area contributed by atoms with Crippen LogP contribution < -0.4 is 65.9 Å². The standard InChI is InChI=1S/C47H64N14O12S2/c48-35(63)14-13-30-40(68)57-32(20-36(49)64)41(69)58-33(44(72)61-17-4-8-34(61)43(71)56-29(7-3-16-53-46(51)52)39(67)54-23-37(50)65)24-75-74-18-15-38(66)55-31(19-25-9-11-28(62)12-10-25)42(70)60-47(45(73)59-30)21-26-5-1-2-6-27(26)22-47/h1-2,5-6,9-12,29-34,62H,3-4,7-8,13-24H2,(H2,48,63)(H2,49,64)(H2,50,65)(H,54,67)(H,55,66)(H,56,71)(H,57,68)(H,58,69)(H,59,73)(H,60,70)(H4,51,52,53)/t29-,30-,31-,32-,33+,34-/m0/s1. The van der Waals surface area contributed by atoms with Crippen LogP contribution in [-0.2, 0) is 72.0 Å². The number of phenols is 1. The summed E-state index contributed by atoms with van der Waals surface area (Å²) in [7, 11) is 2.20. The second-order valence-corrected chi connectivity index (χ2v) is 20.9. The summed E-state index contributed by atoms with van der Waals surface area (Å²) in [5.74, 6) is -9.63. The SMILES string of the molecule is NC(=O)CC[C@@H]1NC(=O)C2(Cc3ccccc3C2)NC(=O)[C@H](Cc2ccc(O)cc2)NC(=O)CCSSC[C@H](C(=O)N2CCC[C@H]2C(=O)N[C@@H](CCCN=C(N)N)C(=O)NCC(N)=O)NC(=O)[C@H](CC(N)=O)NC1=O. The minimum atomic E-state index is -1.77. The van der Waals surface area contributed by atoms with Crippen LogP contribution in [0, 0.1) is 0 Å². The fourth-order valence-corrected chi connectivity index (χ4v) is 10.9. The molecule has 18 N–H and O–H groups in total. The Labute approximate surface area is 439 Å². The van der Waals surface area contributed by atoms with Crippen molar-refractivity contribution in [3.63, 3.8) is 0 Å². The van der Waals surface area contributed by atoms with E-state index in [9.17, 15) is 57.8 Å². The number of rotatable bonds is 17. The molecule has 75 heavy (non-hydrogen) atoms. The first kappa shape index (κ1) is 58.3. The number of aliphatic imine (C=N–C) groups is 1. The van der Waals surface area contributed by atoms with Crippen LogP contribution in [0.5, 0.6) is 5.75 Å². The van der Waals surface area contributed by atoms with Crippen LogP contribution in [0.3, 0.4) is 0 Å². The van der Waals surface area contributed by atoms with Gasteiger partial charge in [-0.05, 0) is 60.9 Å². The van der Waals surface area contributed by atoms with Gasteiger partial charge in [0, 0.05) is 56.7 Å². The number of hydrogen-bond acceptors (Lipinski definition) is 15. The Kier molecular flexibility index (Phi) is 21.4. The van der Waals surface area contributed by atoms with Crippen molar-refractivity contribution in [1.29, 1.82) is 0 Å². The van der Waals surface area contributed by atoms with Crippen LogP contribution in [0.2, 0.25) is 0 Å². The number of nitrogens with zero attached hydrogens (tertiary/aromatic N) is 2. The molecule has 2 fully saturated rings. The third-order valence-corrected chi connectivity index (χ3v) is 14.9. The highest BCUT2D eigenvalue weighted by Gasteiger charge is 2.48. The Bertz CT molecular complexity index is 2490. The summed E-state index contributed by atoms with van der Waals surface area (Å²) in [6, 6.07) is 4.47. The Hall–Kier alpha value is -7.62. The maximum atomic E-state index is 14.8. The molecule has 0 radical (unpaired) electrons. The van der Waals surface area contributed by atoms with Crippen molar-refractivity contribution in [2.45, 2.75) is 112 Å². The van der Waals surface area contributed by atoms with E-state index in [2.05, 4.69) is 42.2 Å². The number of benzene rings is 2. The van der Waals surface area contributed by atoms with E-state index in [1.807, 2.05) is 0 Å². The molecular formula is C47H64N14O12S2. The second kappa shape index (κ2) is 27.6. The highest BCUT2D eigenvalue weighted by Crippen LogP contribution is 2.32. The topological polar surface area (TPSA) is 438 Å². The van der Waals surface area contributed by atoms with Gasteiger partial charge in [-0.3, -0.25) is 57.7 Å². The number of primary amides is 3. The molecule has 11 amide bonds. The zero-order chi connectivity index (χ0) is 54.8. The van der Waals surface area contributed by atoms with Crippen LogP contribution in [0.4, 0.5) is 0 Å². The molecular weight excluding hydrogens is 1020 g/mol. The van der Waals surface area contributed by atoms with Crippen LogP contribution in [-0.4, -0.2) is 154 Å². The second-order valence-electron chi connectivity index (χ2n) is 18.2. The minimum absolute atomic E-state index is 0.0137. The first-order chi connectivity index (χ1) is 35.6. The molecule has 26 nitrogen and oxygen atoms in total. The number of fused-ring (bicyclic) bond motifs is 1. The quantitative estimate of drug-likeness (QED) is 0.0308. The first-order valence-electron chi connectivity index (χ1n) is 24.1. The molecule has 2 heterocycles. The number of carbonyl (C=O) groups excluding carboxylic acids is 11. The molecule has 1 aliphatic carbocycles.